The molecule has 3 aromatic rings. The Morgan fingerprint density at radius 2 is 1.67 bits per heavy atom. The molecule has 13 heteroatoms. The Bertz CT molecular complexity index is 1950. The van der Waals surface area contributed by atoms with Crippen LogP contribution in [-0.4, -0.2) is 74.8 Å². The summed E-state index contributed by atoms with van der Waals surface area (Å²) < 4.78 is 59.6. The average molecular weight is 670 g/mol. The van der Waals surface area contributed by atoms with Gasteiger partial charge in [-0.05, 0) is 49.1 Å². The third-order valence-electron chi connectivity index (χ3n) is 8.01. The van der Waals surface area contributed by atoms with Crippen molar-refractivity contribution >= 4 is 54.9 Å². The van der Waals surface area contributed by atoms with Crippen LogP contribution >= 0.6 is 11.6 Å². The second-order valence-corrected chi connectivity index (χ2v) is 16.3. The Balaban J connectivity index is 1.80. The SMILES string of the molecule is C=CC(=O)N1C[C@H](C)N(C2=NS(=O)(=O)N(c3ccccc3C(C)(C)C)c3nc(-c4ccccc4S(C)(=O)=O)c(Cl)cc32)C[C@H]1C. The van der Waals surface area contributed by atoms with Crippen molar-refractivity contribution in [2.24, 2.45) is 4.40 Å². The van der Waals surface area contributed by atoms with Gasteiger partial charge in [-0.15, -0.1) is 4.40 Å². The zero-order chi connectivity index (χ0) is 33.1. The number of hydrogen-bond acceptors (Lipinski definition) is 7. The second-order valence-electron chi connectivity index (χ2n) is 12.4. The Kier molecular flexibility index (Phi) is 8.39. The molecule has 0 unspecified atom stereocenters. The maximum atomic E-state index is 14.3. The smallest absolute Gasteiger partial charge is 0.349 e. The minimum absolute atomic E-state index is 0.0130. The molecule has 2 aliphatic rings. The number of benzene rings is 2. The first-order valence-corrected chi connectivity index (χ1v) is 18.1. The van der Waals surface area contributed by atoms with E-state index in [1.165, 1.54) is 12.1 Å². The fourth-order valence-electron chi connectivity index (χ4n) is 5.86. The number of amidine groups is 1. The molecule has 238 valence electrons. The highest BCUT2D eigenvalue weighted by atomic mass is 35.5. The lowest BCUT2D eigenvalue weighted by molar-refractivity contribution is -0.130. The number of hydrogen-bond donors (Lipinski definition) is 0. The maximum absolute atomic E-state index is 14.3. The predicted octanol–water partition coefficient (Wildman–Crippen LogP) is 5.35. The van der Waals surface area contributed by atoms with Gasteiger partial charge in [0.1, 0.15) is 0 Å². The Hall–Kier alpha value is -3.74. The number of halogens is 1. The summed E-state index contributed by atoms with van der Waals surface area (Å²) in [7, 11) is -8.13. The Morgan fingerprint density at radius 1 is 1.02 bits per heavy atom. The molecular formula is C32H36ClN5O5S2. The van der Waals surface area contributed by atoms with Crippen molar-refractivity contribution in [2.75, 3.05) is 23.7 Å². The lowest BCUT2D eigenvalue weighted by Crippen LogP contribution is -2.60. The van der Waals surface area contributed by atoms with Crippen molar-refractivity contribution in [3.05, 3.63) is 83.4 Å². The number of aromatic nitrogens is 1. The van der Waals surface area contributed by atoms with Gasteiger partial charge in [-0.3, -0.25) is 4.79 Å². The fourth-order valence-corrected chi connectivity index (χ4v) is 8.27. The van der Waals surface area contributed by atoms with Crippen LogP contribution in [0.2, 0.25) is 5.02 Å². The number of pyridine rings is 1. The number of carbonyl (C=O) groups excluding carboxylic acids is 1. The summed E-state index contributed by atoms with van der Waals surface area (Å²) >= 11 is 6.88. The van der Waals surface area contributed by atoms with E-state index in [-0.39, 0.29) is 50.8 Å². The number of carbonyl (C=O) groups is 1. The van der Waals surface area contributed by atoms with Crippen LogP contribution in [0.1, 0.15) is 45.7 Å². The molecule has 0 spiro atoms. The molecular weight excluding hydrogens is 634 g/mol. The van der Waals surface area contributed by atoms with Crippen LogP contribution in [-0.2, 0) is 30.3 Å². The van der Waals surface area contributed by atoms with E-state index in [0.717, 1.165) is 16.1 Å². The molecule has 1 aromatic heterocycles. The van der Waals surface area contributed by atoms with Gasteiger partial charge < -0.3 is 9.80 Å². The molecule has 0 N–H and O–H groups in total. The number of piperazine rings is 1. The Labute approximate surface area is 270 Å². The van der Waals surface area contributed by atoms with Gasteiger partial charge in [-0.2, -0.15) is 8.42 Å². The van der Waals surface area contributed by atoms with Crippen LogP contribution < -0.4 is 4.31 Å². The van der Waals surface area contributed by atoms with E-state index in [1.807, 2.05) is 51.7 Å². The monoisotopic (exact) mass is 669 g/mol. The van der Waals surface area contributed by atoms with Crippen molar-refractivity contribution in [1.29, 1.82) is 0 Å². The molecule has 2 atom stereocenters. The lowest BCUT2D eigenvalue weighted by Gasteiger charge is -2.46. The highest BCUT2D eigenvalue weighted by Crippen LogP contribution is 2.44. The number of anilines is 2. The van der Waals surface area contributed by atoms with Crippen molar-refractivity contribution < 1.29 is 21.6 Å². The molecule has 0 radical (unpaired) electrons. The standard InChI is InChI=1S/C32H36ClN5O5S2/c1-8-28(39)36-18-21(3)37(19-20(36)2)31-23-17-25(33)29(22-13-9-12-16-27(22)44(7,40)41)34-30(23)38(45(42,43)35-31)26-15-11-10-14-24(26)32(4,5)6/h8-17,20-21H,1,18-19H2,2-7H3/t20-,21+/m1/s1. The highest BCUT2D eigenvalue weighted by Gasteiger charge is 2.42. The van der Waals surface area contributed by atoms with Gasteiger partial charge in [0.15, 0.2) is 21.5 Å². The van der Waals surface area contributed by atoms with E-state index in [2.05, 4.69) is 11.0 Å². The molecule has 1 fully saturated rings. The Morgan fingerprint density at radius 3 is 2.31 bits per heavy atom. The van der Waals surface area contributed by atoms with Gasteiger partial charge >= 0.3 is 10.2 Å². The maximum Gasteiger partial charge on any atom is 0.352 e. The molecule has 5 rings (SSSR count). The van der Waals surface area contributed by atoms with Crippen LogP contribution in [0.4, 0.5) is 11.5 Å². The largest absolute Gasteiger partial charge is 0.352 e. The predicted molar refractivity (Wildman–Crippen MR) is 178 cm³/mol. The summed E-state index contributed by atoms with van der Waals surface area (Å²) in [4.78, 5) is 20.9. The van der Waals surface area contributed by atoms with Crippen LogP contribution in [0.15, 0.2) is 76.5 Å². The first kappa shape index (κ1) is 32.6. The molecule has 10 nitrogen and oxygen atoms in total. The number of para-hydroxylation sites is 1. The van der Waals surface area contributed by atoms with Gasteiger partial charge in [0, 0.05) is 37.0 Å². The van der Waals surface area contributed by atoms with Crippen molar-refractivity contribution in [3.63, 3.8) is 0 Å². The molecule has 2 aliphatic heterocycles. The normalized spacial score (nSPS) is 20.0. The van der Waals surface area contributed by atoms with Crippen LogP contribution in [0.5, 0.6) is 0 Å². The minimum Gasteiger partial charge on any atom is -0.349 e. The third kappa shape index (κ3) is 5.98. The van der Waals surface area contributed by atoms with Gasteiger partial charge in [-0.1, -0.05) is 75.3 Å². The zero-order valence-electron chi connectivity index (χ0n) is 26.0. The van der Waals surface area contributed by atoms with Gasteiger partial charge in [0.2, 0.25) is 5.91 Å². The van der Waals surface area contributed by atoms with Crippen molar-refractivity contribution in [1.82, 2.24) is 14.8 Å². The molecule has 1 amide bonds. The number of nitrogens with zero attached hydrogens (tertiary/aromatic N) is 5. The fraction of sp³-hybridized carbons (Fsp3) is 0.344. The van der Waals surface area contributed by atoms with E-state index in [9.17, 15) is 21.6 Å². The van der Waals surface area contributed by atoms with Crippen LogP contribution in [0, 0.1) is 0 Å². The minimum atomic E-state index is -4.44. The average Bonchev–Trinajstić information content (AvgIpc) is 2.96. The second kappa shape index (κ2) is 11.6. The number of amides is 1. The third-order valence-corrected chi connectivity index (χ3v) is 10.7. The van der Waals surface area contributed by atoms with Gasteiger partial charge in [-0.25, -0.2) is 17.7 Å². The van der Waals surface area contributed by atoms with Crippen molar-refractivity contribution in [2.45, 2.75) is 57.0 Å². The summed E-state index contributed by atoms with van der Waals surface area (Å²) in [6, 6.07) is 14.5. The summed E-state index contributed by atoms with van der Waals surface area (Å²) in [6.07, 6.45) is 2.36. The van der Waals surface area contributed by atoms with Crippen LogP contribution in [0.25, 0.3) is 11.3 Å². The molecule has 2 aromatic carbocycles. The first-order valence-electron chi connectivity index (χ1n) is 14.4. The number of rotatable bonds is 4. The van der Waals surface area contributed by atoms with Crippen molar-refractivity contribution in [3.8, 4) is 11.3 Å². The van der Waals surface area contributed by atoms with Crippen LogP contribution in [0.3, 0.4) is 0 Å². The molecule has 0 aliphatic carbocycles. The first-order chi connectivity index (χ1) is 21.0. The molecule has 0 bridgehead atoms. The highest BCUT2D eigenvalue weighted by molar-refractivity contribution is 7.92. The molecule has 3 heterocycles. The summed E-state index contributed by atoms with van der Waals surface area (Å²) in [5, 5.41) is 0.127. The molecule has 45 heavy (non-hydrogen) atoms. The molecule has 1 saturated heterocycles. The van der Waals surface area contributed by atoms with E-state index >= 15 is 0 Å². The summed E-state index contributed by atoms with van der Waals surface area (Å²) in [6.45, 7) is 13.9. The van der Waals surface area contributed by atoms with E-state index in [0.29, 0.717) is 24.3 Å². The van der Waals surface area contributed by atoms with E-state index < -0.39 is 25.5 Å². The number of sulfone groups is 1. The quantitative estimate of drug-likeness (QED) is 0.343. The summed E-state index contributed by atoms with van der Waals surface area (Å²) in [5.74, 6) is -0.0165. The molecule has 0 saturated carbocycles. The topological polar surface area (TPSA) is 120 Å². The lowest BCUT2D eigenvalue weighted by atomic mass is 9.86. The van der Waals surface area contributed by atoms with Gasteiger partial charge in [0.25, 0.3) is 0 Å². The zero-order valence-corrected chi connectivity index (χ0v) is 28.4. The van der Waals surface area contributed by atoms with E-state index in [4.69, 9.17) is 16.6 Å². The van der Waals surface area contributed by atoms with Gasteiger partial charge in [0.05, 0.1) is 26.9 Å². The van der Waals surface area contributed by atoms with E-state index in [1.54, 1.807) is 41.3 Å². The summed E-state index contributed by atoms with van der Waals surface area (Å²) in [5.41, 5.74) is 1.39. The number of fused-ring (bicyclic) bond motifs is 1.